The molecular weight excluding hydrogens is 446 g/mol. The van der Waals surface area contributed by atoms with E-state index in [1.165, 1.54) is 98.5 Å². The van der Waals surface area contributed by atoms with E-state index in [1.807, 2.05) is 0 Å². The highest BCUT2D eigenvalue weighted by atomic mass is 14.7. The molecular formula is C36H31N. The zero-order chi connectivity index (χ0) is 25.7. The predicted molar refractivity (Wildman–Crippen MR) is 162 cm³/mol. The molecule has 1 aromatic heterocycles. The van der Waals surface area contributed by atoms with Crippen LogP contribution in [0.5, 0.6) is 0 Å². The molecule has 1 nitrogen and oxygen atoms in total. The fourth-order valence-electron chi connectivity index (χ4n) is 6.97. The third kappa shape index (κ3) is 2.77. The maximum atomic E-state index is 5.08. The average Bonchev–Trinajstić information content (AvgIpc) is 2.89. The van der Waals surface area contributed by atoms with Crippen LogP contribution in [0.15, 0.2) is 60.8 Å². The molecule has 0 saturated carbocycles. The van der Waals surface area contributed by atoms with Gasteiger partial charge in [-0.15, -0.1) is 0 Å². The van der Waals surface area contributed by atoms with Crippen molar-refractivity contribution in [3.05, 3.63) is 99.7 Å². The first-order chi connectivity index (χ1) is 17.8. The van der Waals surface area contributed by atoms with Crippen molar-refractivity contribution < 1.29 is 0 Å². The lowest BCUT2D eigenvalue weighted by molar-refractivity contribution is 1.25. The third-order valence-electron chi connectivity index (χ3n) is 9.06. The second kappa shape index (κ2) is 7.52. The van der Waals surface area contributed by atoms with Gasteiger partial charge in [-0.25, -0.2) is 0 Å². The van der Waals surface area contributed by atoms with Gasteiger partial charge in [0.25, 0.3) is 0 Å². The van der Waals surface area contributed by atoms with Crippen molar-refractivity contribution in [2.45, 2.75) is 48.5 Å². The molecule has 0 N–H and O–H groups in total. The average molecular weight is 478 g/mol. The Morgan fingerprint density at radius 2 is 1.03 bits per heavy atom. The number of aromatic nitrogens is 1. The minimum Gasteiger partial charge on any atom is -0.256 e. The maximum Gasteiger partial charge on any atom is 0.0714 e. The molecule has 37 heavy (non-hydrogen) atoms. The van der Waals surface area contributed by atoms with Gasteiger partial charge in [-0.05, 0) is 137 Å². The molecule has 0 aliphatic carbocycles. The van der Waals surface area contributed by atoms with Crippen molar-refractivity contribution in [2.75, 3.05) is 0 Å². The lowest BCUT2D eigenvalue weighted by Gasteiger charge is -2.24. The smallest absolute Gasteiger partial charge is 0.0714 e. The normalized spacial score (nSPS) is 12.2. The lowest BCUT2D eigenvalue weighted by atomic mass is 9.80. The Morgan fingerprint density at radius 3 is 1.76 bits per heavy atom. The van der Waals surface area contributed by atoms with E-state index in [0.717, 1.165) is 5.52 Å². The minimum absolute atomic E-state index is 1.07. The van der Waals surface area contributed by atoms with Gasteiger partial charge >= 0.3 is 0 Å². The Labute approximate surface area is 218 Å². The molecule has 0 radical (unpaired) electrons. The van der Waals surface area contributed by atoms with E-state index in [9.17, 15) is 0 Å². The molecule has 0 amide bonds. The number of aryl methyl sites for hydroxylation is 5. The summed E-state index contributed by atoms with van der Waals surface area (Å²) < 4.78 is 0. The monoisotopic (exact) mass is 477 g/mol. The molecule has 180 valence electrons. The number of benzene rings is 6. The van der Waals surface area contributed by atoms with E-state index in [0.29, 0.717) is 0 Å². The van der Waals surface area contributed by atoms with Crippen molar-refractivity contribution in [2.24, 2.45) is 0 Å². The van der Waals surface area contributed by atoms with E-state index >= 15 is 0 Å². The second-order valence-corrected chi connectivity index (χ2v) is 11.1. The van der Waals surface area contributed by atoms with Crippen LogP contribution in [0, 0.1) is 48.5 Å². The van der Waals surface area contributed by atoms with Gasteiger partial charge in [0, 0.05) is 22.4 Å². The summed E-state index contributed by atoms with van der Waals surface area (Å²) in [5.41, 5.74) is 13.2. The molecule has 0 fully saturated rings. The number of hydrogen-bond acceptors (Lipinski definition) is 1. The van der Waals surface area contributed by atoms with Gasteiger partial charge in [0.2, 0.25) is 0 Å². The molecule has 0 bridgehead atoms. The molecule has 1 heteroatoms. The van der Waals surface area contributed by atoms with Crippen molar-refractivity contribution in [1.29, 1.82) is 0 Å². The third-order valence-corrected chi connectivity index (χ3v) is 9.06. The maximum absolute atomic E-state index is 5.08. The quantitative estimate of drug-likeness (QED) is 0.169. The number of fused-ring (bicyclic) bond motifs is 5. The van der Waals surface area contributed by atoms with Crippen molar-refractivity contribution in [1.82, 2.24) is 4.98 Å². The molecule has 0 spiro atoms. The van der Waals surface area contributed by atoms with Gasteiger partial charge < -0.3 is 0 Å². The highest BCUT2D eigenvalue weighted by Gasteiger charge is 2.24. The highest BCUT2D eigenvalue weighted by molar-refractivity contribution is 6.41. The first kappa shape index (κ1) is 22.2. The summed E-state index contributed by atoms with van der Waals surface area (Å²) in [6, 6.07) is 20.4. The molecule has 1 heterocycles. The Kier molecular flexibility index (Phi) is 4.52. The van der Waals surface area contributed by atoms with Crippen LogP contribution in [0.2, 0.25) is 0 Å². The first-order valence-corrected chi connectivity index (χ1v) is 13.2. The number of rotatable bonds is 1. The number of pyridine rings is 1. The Hall–Kier alpha value is -3.97. The fourth-order valence-corrected chi connectivity index (χ4v) is 6.97. The standard InChI is InChI=1S/C36H31N/c1-18-15-19(2)23(6)31(22(18)5)33-25-11-8-9-12-26(25)35-32-24(7)20(3)16-21(4)30(32)27-13-10-14-29-34(27)36(35)28(33)17-37-29/h8-17H,1-7H3. The molecule has 0 unspecified atom stereocenters. The van der Waals surface area contributed by atoms with E-state index < -0.39 is 0 Å². The summed E-state index contributed by atoms with van der Waals surface area (Å²) in [7, 11) is 0. The number of nitrogens with zero attached hydrogens (tertiary/aromatic N) is 1. The zero-order valence-corrected chi connectivity index (χ0v) is 22.7. The van der Waals surface area contributed by atoms with Crippen LogP contribution < -0.4 is 0 Å². The Morgan fingerprint density at radius 1 is 0.432 bits per heavy atom. The van der Waals surface area contributed by atoms with E-state index in [1.54, 1.807) is 0 Å². The van der Waals surface area contributed by atoms with Gasteiger partial charge in [-0.1, -0.05) is 48.5 Å². The second-order valence-electron chi connectivity index (χ2n) is 11.1. The topological polar surface area (TPSA) is 12.9 Å². The molecule has 0 aliphatic rings. The van der Waals surface area contributed by atoms with Crippen molar-refractivity contribution in [3.8, 4) is 11.1 Å². The summed E-state index contributed by atoms with van der Waals surface area (Å²) in [4.78, 5) is 5.08. The van der Waals surface area contributed by atoms with Gasteiger partial charge in [0.05, 0.1) is 5.52 Å². The van der Waals surface area contributed by atoms with Crippen LogP contribution in [-0.2, 0) is 0 Å². The molecule has 6 aromatic carbocycles. The summed E-state index contributed by atoms with van der Waals surface area (Å²) in [6.45, 7) is 15.9. The molecule has 0 atom stereocenters. The summed E-state index contributed by atoms with van der Waals surface area (Å²) >= 11 is 0. The molecule has 0 saturated heterocycles. The van der Waals surface area contributed by atoms with Crippen molar-refractivity contribution >= 4 is 54.0 Å². The van der Waals surface area contributed by atoms with Gasteiger partial charge in [-0.3, -0.25) is 4.98 Å². The first-order valence-electron chi connectivity index (χ1n) is 13.2. The Balaban J connectivity index is 1.91. The lowest BCUT2D eigenvalue weighted by Crippen LogP contribution is -2.00. The zero-order valence-electron chi connectivity index (χ0n) is 22.7. The van der Waals surface area contributed by atoms with E-state index in [4.69, 9.17) is 4.98 Å². The largest absolute Gasteiger partial charge is 0.256 e. The molecule has 7 aromatic rings. The molecule has 0 aliphatic heterocycles. The molecule has 7 rings (SSSR count). The van der Waals surface area contributed by atoms with Crippen LogP contribution in [0.25, 0.3) is 65.1 Å². The van der Waals surface area contributed by atoms with Crippen LogP contribution >= 0.6 is 0 Å². The van der Waals surface area contributed by atoms with Gasteiger partial charge in [0.15, 0.2) is 0 Å². The predicted octanol–water partition coefficient (Wildman–Crippen LogP) is 10.1. The summed E-state index contributed by atoms with van der Waals surface area (Å²) in [6.07, 6.45) is 2.15. The van der Waals surface area contributed by atoms with Crippen LogP contribution in [0.1, 0.15) is 38.9 Å². The van der Waals surface area contributed by atoms with Crippen molar-refractivity contribution in [3.63, 3.8) is 0 Å². The van der Waals surface area contributed by atoms with E-state index in [2.05, 4.69) is 109 Å². The van der Waals surface area contributed by atoms with E-state index in [-0.39, 0.29) is 0 Å². The Bertz CT molecular complexity index is 2070. The highest BCUT2D eigenvalue weighted by Crippen LogP contribution is 2.50. The van der Waals surface area contributed by atoms with Gasteiger partial charge in [-0.2, -0.15) is 0 Å². The summed E-state index contributed by atoms with van der Waals surface area (Å²) in [5, 5.41) is 12.0. The summed E-state index contributed by atoms with van der Waals surface area (Å²) in [5.74, 6) is 0. The number of hydrogen-bond donors (Lipinski definition) is 0. The minimum atomic E-state index is 1.07. The van der Waals surface area contributed by atoms with Crippen LogP contribution in [-0.4, -0.2) is 4.98 Å². The van der Waals surface area contributed by atoms with Crippen LogP contribution in [0.3, 0.4) is 0 Å². The fraction of sp³-hybridized carbons (Fsp3) is 0.194. The van der Waals surface area contributed by atoms with Crippen LogP contribution in [0.4, 0.5) is 0 Å². The SMILES string of the molecule is Cc1cc(C)c(C)c(-c2c3ccccc3c3c4c(C)c(C)cc(C)c4c4cccc5ncc2c3c54)c1C. The van der Waals surface area contributed by atoms with Gasteiger partial charge in [0.1, 0.15) is 0 Å².